The summed E-state index contributed by atoms with van der Waals surface area (Å²) in [5.74, 6) is -0.661. The summed E-state index contributed by atoms with van der Waals surface area (Å²) in [6, 6.07) is 13.9. The summed E-state index contributed by atoms with van der Waals surface area (Å²) in [4.78, 5) is 34.9. The van der Waals surface area contributed by atoms with Crippen LogP contribution in [0.1, 0.15) is 34.6 Å². The Morgan fingerprint density at radius 1 is 1.00 bits per heavy atom. The van der Waals surface area contributed by atoms with Crippen molar-refractivity contribution in [3.63, 3.8) is 0 Å². The van der Waals surface area contributed by atoms with E-state index in [1.807, 2.05) is 24.3 Å². The average Bonchev–Trinajstić information content (AvgIpc) is 3.01. The van der Waals surface area contributed by atoms with Gasteiger partial charge in [0.2, 0.25) is 11.8 Å². The number of amides is 2. The number of rotatable bonds is 4. The summed E-state index contributed by atoms with van der Waals surface area (Å²) in [6.45, 7) is 2.90. The van der Waals surface area contributed by atoms with Crippen LogP contribution in [-0.4, -0.2) is 28.5 Å². The van der Waals surface area contributed by atoms with Gasteiger partial charge in [-0.25, -0.2) is 5.43 Å². The summed E-state index contributed by atoms with van der Waals surface area (Å²) in [5.41, 5.74) is 4.99. The topological polar surface area (TPSA) is 92.6 Å². The van der Waals surface area contributed by atoms with Crippen molar-refractivity contribution in [1.82, 2.24) is 9.99 Å². The van der Waals surface area contributed by atoms with Gasteiger partial charge < -0.3 is 5.32 Å². The van der Waals surface area contributed by atoms with E-state index in [9.17, 15) is 14.4 Å². The molecule has 3 aromatic rings. The summed E-state index contributed by atoms with van der Waals surface area (Å²) in [5, 5.41) is 7.49. The van der Waals surface area contributed by atoms with Crippen LogP contribution in [0.4, 0.5) is 5.69 Å². The minimum Gasteiger partial charge on any atom is -0.326 e. The zero-order valence-corrected chi connectivity index (χ0v) is 14.9. The normalized spacial score (nSPS) is 10.9. The van der Waals surface area contributed by atoms with Gasteiger partial charge in [-0.05, 0) is 30.3 Å². The Hall–Kier alpha value is -3.74. The number of carbonyl (C=O) groups is 3. The molecule has 0 radical (unpaired) electrons. The first-order chi connectivity index (χ1) is 13.0. The fourth-order valence-electron chi connectivity index (χ4n) is 2.70. The predicted octanol–water partition coefficient (Wildman–Crippen LogP) is 3.02. The molecule has 0 aliphatic carbocycles. The molecule has 0 spiro atoms. The lowest BCUT2D eigenvalue weighted by molar-refractivity contribution is -0.114. The summed E-state index contributed by atoms with van der Waals surface area (Å²) in [7, 11) is 0. The second-order valence-electron chi connectivity index (χ2n) is 5.95. The number of hydrogen-bond acceptors (Lipinski definition) is 4. The largest absolute Gasteiger partial charge is 0.326 e. The predicted molar refractivity (Wildman–Crippen MR) is 104 cm³/mol. The van der Waals surface area contributed by atoms with Gasteiger partial charge in [0, 0.05) is 42.2 Å². The Balaban J connectivity index is 1.74. The SMILES string of the molecule is CC(=O)Nc1ccc(C(=O)N/N=C/c2cn(C(C)=O)c3ccccc23)cc1. The van der Waals surface area contributed by atoms with Crippen molar-refractivity contribution < 1.29 is 14.4 Å². The summed E-state index contributed by atoms with van der Waals surface area (Å²) < 4.78 is 1.54. The lowest BCUT2D eigenvalue weighted by Gasteiger charge is -2.03. The van der Waals surface area contributed by atoms with Crippen LogP contribution in [0.25, 0.3) is 10.9 Å². The van der Waals surface area contributed by atoms with Crippen LogP contribution in [-0.2, 0) is 4.79 Å². The molecule has 0 atom stereocenters. The van der Waals surface area contributed by atoms with E-state index < -0.39 is 0 Å². The maximum atomic E-state index is 12.2. The van der Waals surface area contributed by atoms with Crippen molar-refractivity contribution >= 4 is 40.5 Å². The number of aromatic nitrogens is 1. The molecule has 1 aromatic heterocycles. The Kier molecular flexibility index (Phi) is 5.12. The van der Waals surface area contributed by atoms with Crippen LogP contribution in [0.15, 0.2) is 59.8 Å². The first kappa shape index (κ1) is 18.1. The van der Waals surface area contributed by atoms with Gasteiger partial charge in [-0.2, -0.15) is 5.10 Å². The van der Waals surface area contributed by atoms with E-state index >= 15 is 0 Å². The molecule has 136 valence electrons. The smallest absolute Gasteiger partial charge is 0.271 e. The van der Waals surface area contributed by atoms with Crippen LogP contribution in [0, 0.1) is 0 Å². The number of benzene rings is 2. The molecular weight excluding hydrogens is 344 g/mol. The third-order valence-corrected chi connectivity index (χ3v) is 3.92. The second-order valence-corrected chi connectivity index (χ2v) is 5.95. The molecule has 1 heterocycles. The van der Waals surface area contributed by atoms with Gasteiger partial charge >= 0.3 is 0 Å². The maximum absolute atomic E-state index is 12.2. The van der Waals surface area contributed by atoms with Gasteiger partial charge in [0.05, 0.1) is 11.7 Å². The zero-order chi connectivity index (χ0) is 19.4. The molecule has 0 bridgehead atoms. The van der Waals surface area contributed by atoms with Crippen molar-refractivity contribution in [2.75, 3.05) is 5.32 Å². The quantitative estimate of drug-likeness (QED) is 0.552. The van der Waals surface area contributed by atoms with Crippen molar-refractivity contribution in [3.8, 4) is 0 Å². The molecule has 27 heavy (non-hydrogen) atoms. The van der Waals surface area contributed by atoms with Crippen molar-refractivity contribution in [3.05, 3.63) is 65.9 Å². The van der Waals surface area contributed by atoms with E-state index in [0.29, 0.717) is 11.3 Å². The lowest BCUT2D eigenvalue weighted by atomic mass is 10.2. The highest BCUT2D eigenvalue weighted by molar-refractivity contribution is 6.04. The van der Waals surface area contributed by atoms with Crippen LogP contribution < -0.4 is 10.7 Å². The Bertz CT molecular complexity index is 1050. The Morgan fingerprint density at radius 3 is 2.37 bits per heavy atom. The van der Waals surface area contributed by atoms with Gasteiger partial charge in [-0.15, -0.1) is 0 Å². The van der Waals surface area contributed by atoms with Gasteiger partial charge in [0.15, 0.2) is 0 Å². The van der Waals surface area contributed by atoms with E-state index in [4.69, 9.17) is 0 Å². The highest BCUT2D eigenvalue weighted by Gasteiger charge is 2.09. The fourth-order valence-corrected chi connectivity index (χ4v) is 2.70. The molecule has 2 aromatic carbocycles. The van der Waals surface area contributed by atoms with Crippen LogP contribution in [0.2, 0.25) is 0 Å². The van der Waals surface area contributed by atoms with Crippen molar-refractivity contribution in [2.45, 2.75) is 13.8 Å². The number of anilines is 1. The number of fused-ring (bicyclic) bond motifs is 1. The number of nitrogens with one attached hydrogen (secondary N) is 2. The van der Waals surface area contributed by atoms with E-state index in [0.717, 1.165) is 16.5 Å². The number of hydrazone groups is 1. The third-order valence-electron chi connectivity index (χ3n) is 3.92. The van der Waals surface area contributed by atoms with Crippen molar-refractivity contribution in [1.29, 1.82) is 0 Å². The highest BCUT2D eigenvalue weighted by Crippen LogP contribution is 2.19. The van der Waals surface area contributed by atoms with E-state index in [1.165, 1.54) is 20.1 Å². The van der Waals surface area contributed by atoms with Crippen LogP contribution >= 0.6 is 0 Å². The molecule has 0 unspecified atom stereocenters. The number of nitrogens with zero attached hydrogens (tertiary/aromatic N) is 2. The first-order valence-corrected chi connectivity index (χ1v) is 8.28. The third kappa shape index (κ3) is 4.09. The van der Waals surface area contributed by atoms with Crippen LogP contribution in [0.5, 0.6) is 0 Å². The molecule has 0 saturated heterocycles. The fraction of sp³-hybridized carbons (Fsp3) is 0.100. The monoisotopic (exact) mass is 362 g/mol. The minimum atomic E-state index is -0.379. The highest BCUT2D eigenvalue weighted by atomic mass is 16.2. The number of carbonyl (C=O) groups excluding carboxylic acids is 3. The van der Waals surface area contributed by atoms with Crippen molar-refractivity contribution in [2.24, 2.45) is 5.10 Å². The average molecular weight is 362 g/mol. The molecule has 7 nitrogen and oxygen atoms in total. The standard InChI is InChI=1S/C20H18N4O3/c1-13(25)22-17-9-7-15(8-10-17)20(27)23-21-11-16-12-24(14(2)26)19-6-4-3-5-18(16)19/h3-12H,1-2H3,(H,22,25)(H,23,27)/b21-11+. The summed E-state index contributed by atoms with van der Waals surface area (Å²) >= 11 is 0. The van der Waals surface area contributed by atoms with Gasteiger partial charge in [0.25, 0.3) is 5.91 Å². The van der Waals surface area contributed by atoms with Gasteiger partial charge in [0.1, 0.15) is 0 Å². The first-order valence-electron chi connectivity index (χ1n) is 8.28. The molecule has 0 aliphatic heterocycles. The molecule has 0 saturated carbocycles. The van der Waals surface area contributed by atoms with E-state index in [2.05, 4.69) is 15.8 Å². The van der Waals surface area contributed by atoms with E-state index in [-0.39, 0.29) is 17.7 Å². The second kappa shape index (κ2) is 7.65. The Labute approximate surface area is 155 Å². The van der Waals surface area contributed by atoms with Crippen LogP contribution in [0.3, 0.4) is 0 Å². The van der Waals surface area contributed by atoms with Gasteiger partial charge in [-0.3, -0.25) is 19.0 Å². The minimum absolute atomic E-state index is 0.103. The molecule has 7 heteroatoms. The van der Waals surface area contributed by atoms with E-state index in [1.54, 1.807) is 35.0 Å². The Morgan fingerprint density at radius 2 is 1.70 bits per heavy atom. The molecule has 0 fully saturated rings. The molecular formula is C20H18N4O3. The lowest BCUT2D eigenvalue weighted by Crippen LogP contribution is -2.17. The molecule has 2 amide bonds. The number of para-hydroxylation sites is 1. The number of hydrogen-bond donors (Lipinski definition) is 2. The summed E-state index contributed by atoms with van der Waals surface area (Å²) in [6.07, 6.45) is 3.19. The zero-order valence-electron chi connectivity index (χ0n) is 14.9. The van der Waals surface area contributed by atoms with Gasteiger partial charge in [-0.1, -0.05) is 18.2 Å². The molecule has 0 aliphatic rings. The maximum Gasteiger partial charge on any atom is 0.271 e. The molecule has 2 N–H and O–H groups in total. The molecule has 3 rings (SSSR count).